The Labute approximate surface area is 129 Å². The molecule has 0 radical (unpaired) electrons. The number of esters is 1. The maximum atomic E-state index is 11.8. The Morgan fingerprint density at radius 3 is 3.00 bits per heavy atom. The van der Waals surface area contributed by atoms with Gasteiger partial charge in [0, 0.05) is 11.6 Å². The number of aliphatic carboxylic acids is 1. The van der Waals surface area contributed by atoms with Crippen LogP contribution in [0.2, 0.25) is 0 Å². The third-order valence-electron chi connectivity index (χ3n) is 2.31. The smallest absolute Gasteiger partial charge is 0.340 e. The molecule has 2 aromatic rings. The number of hydrogen-bond donors (Lipinski definition) is 1. The topological polar surface area (TPSA) is 89.4 Å². The zero-order chi connectivity index (χ0) is 15.2. The second-order valence-corrected chi connectivity index (χ2v) is 5.95. The quantitative estimate of drug-likeness (QED) is 0.816. The van der Waals surface area contributed by atoms with Gasteiger partial charge in [0.15, 0.2) is 4.34 Å². The van der Waals surface area contributed by atoms with E-state index in [1.54, 1.807) is 30.6 Å². The molecule has 0 bridgehead atoms. The minimum absolute atomic E-state index is 0.121. The first-order chi connectivity index (χ1) is 10.1. The maximum Gasteiger partial charge on any atom is 0.340 e. The van der Waals surface area contributed by atoms with Crippen LogP contribution in [0.25, 0.3) is 0 Å². The second-order valence-electron chi connectivity index (χ2n) is 3.85. The molecule has 0 fully saturated rings. The molecule has 2 aromatic heterocycles. The van der Waals surface area contributed by atoms with Gasteiger partial charge in [-0.2, -0.15) is 0 Å². The third-order valence-corrected chi connectivity index (χ3v) is 4.32. The summed E-state index contributed by atoms with van der Waals surface area (Å²) < 4.78 is 5.61. The van der Waals surface area contributed by atoms with Crippen LogP contribution in [-0.2, 0) is 16.0 Å². The van der Waals surface area contributed by atoms with Crippen LogP contribution in [0, 0.1) is 0 Å². The van der Waals surface area contributed by atoms with Crippen molar-refractivity contribution in [1.82, 2.24) is 9.97 Å². The molecule has 0 atom stereocenters. The van der Waals surface area contributed by atoms with Crippen LogP contribution < -0.4 is 0 Å². The summed E-state index contributed by atoms with van der Waals surface area (Å²) in [6.45, 7) is 2.03. The van der Waals surface area contributed by atoms with E-state index in [9.17, 15) is 9.59 Å². The summed E-state index contributed by atoms with van der Waals surface area (Å²) in [6.07, 6.45) is 1.46. The number of pyridine rings is 1. The van der Waals surface area contributed by atoms with Crippen molar-refractivity contribution in [2.24, 2.45) is 0 Å². The Bertz CT molecular complexity index is 657. The van der Waals surface area contributed by atoms with Crippen molar-refractivity contribution in [3.63, 3.8) is 0 Å². The van der Waals surface area contributed by atoms with Gasteiger partial charge in [-0.1, -0.05) is 0 Å². The molecule has 2 heterocycles. The normalized spacial score (nSPS) is 10.3. The summed E-state index contributed by atoms with van der Waals surface area (Å²) in [5, 5.41) is 10.9. The molecule has 0 spiro atoms. The summed E-state index contributed by atoms with van der Waals surface area (Å²) in [6, 6.07) is 3.30. The van der Waals surface area contributed by atoms with Gasteiger partial charge in [0.25, 0.3) is 0 Å². The molecule has 6 nitrogen and oxygen atoms in total. The van der Waals surface area contributed by atoms with Gasteiger partial charge in [-0.3, -0.25) is 4.79 Å². The van der Waals surface area contributed by atoms with Crippen LogP contribution in [0.5, 0.6) is 0 Å². The average Bonchev–Trinajstić information content (AvgIpc) is 2.86. The molecule has 0 amide bonds. The molecule has 8 heteroatoms. The predicted molar refractivity (Wildman–Crippen MR) is 77.8 cm³/mol. The van der Waals surface area contributed by atoms with Gasteiger partial charge in [0.2, 0.25) is 0 Å². The van der Waals surface area contributed by atoms with Crippen LogP contribution in [-0.4, -0.2) is 33.6 Å². The zero-order valence-electron chi connectivity index (χ0n) is 11.1. The number of carbonyl (C=O) groups excluding carboxylic acids is 1. The lowest BCUT2D eigenvalue weighted by atomic mass is 10.3. The van der Waals surface area contributed by atoms with Gasteiger partial charge in [0.05, 0.1) is 24.3 Å². The number of carbonyl (C=O) groups is 2. The molecular formula is C13H12N2O4S2. The standard InChI is InChI=1S/C13H12N2O4S2/c1-2-19-12(18)9-4-3-5-14-11(9)21-13-15-8(7-20-13)6-10(16)17/h3-5,7H,2,6H2,1H3,(H,16,17). The van der Waals surface area contributed by atoms with E-state index in [2.05, 4.69) is 9.97 Å². The number of aromatic nitrogens is 2. The van der Waals surface area contributed by atoms with Gasteiger partial charge < -0.3 is 9.84 Å². The number of ether oxygens (including phenoxy) is 1. The van der Waals surface area contributed by atoms with E-state index in [0.29, 0.717) is 20.6 Å². The molecule has 0 saturated heterocycles. The average molecular weight is 324 g/mol. The molecule has 0 aliphatic heterocycles. The highest BCUT2D eigenvalue weighted by molar-refractivity contribution is 8.01. The monoisotopic (exact) mass is 324 g/mol. The molecule has 0 saturated carbocycles. The van der Waals surface area contributed by atoms with E-state index in [1.807, 2.05) is 0 Å². The van der Waals surface area contributed by atoms with Crippen molar-refractivity contribution in [2.45, 2.75) is 22.7 Å². The Balaban J connectivity index is 2.17. The van der Waals surface area contributed by atoms with Crippen molar-refractivity contribution in [1.29, 1.82) is 0 Å². The summed E-state index contributed by atoms with van der Waals surface area (Å²) >= 11 is 2.54. The van der Waals surface area contributed by atoms with Gasteiger partial charge in [-0.25, -0.2) is 14.8 Å². The van der Waals surface area contributed by atoms with E-state index in [4.69, 9.17) is 9.84 Å². The molecule has 0 aliphatic carbocycles. The highest BCUT2D eigenvalue weighted by Gasteiger charge is 2.16. The number of rotatable bonds is 6. The molecule has 1 N–H and O–H groups in total. The lowest BCUT2D eigenvalue weighted by molar-refractivity contribution is -0.136. The van der Waals surface area contributed by atoms with Crippen LogP contribution in [0.15, 0.2) is 33.1 Å². The number of carboxylic acids is 1. The van der Waals surface area contributed by atoms with Crippen molar-refractivity contribution in [3.8, 4) is 0 Å². The van der Waals surface area contributed by atoms with Crippen molar-refractivity contribution in [2.75, 3.05) is 6.61 Å². The highest BCUT2D eigenvalue weighted by atomic mass is 32.2. The Morgan fingerprint density at radius 1 is 1.48 bits per heavy atom. The fourth-order valence-electron chi connectivity index (χ4n) is 1.49. The molecule has 2 rings (SSSR count). The van der Waals surface area contributed by atoms with E-state index in [-0.39, 0.29) is 13.0 Å². The third kappa shape index (κ3) is 4.27. The van der Waals surface area contributed by atoms with Gasteiger partial charge in [0.1, 0.15) is 5.03 Å². The molecule has 110 valence electrons. The maximum absolute atomic E-state index is 11.8. The summed E-state index contributed by atoms with van der Waals surface area (Å²) in [5.41, 5.74) is 0.864. The summed E-state index contributed by atoms with van der Waals surface area (Å²) in [4.78, 5) is 30.8. The van der Waals surface area contributed by atoms with Crippen LogP contribution in [0.4, 0.5) is 0 Å². The van der Waals surface area contributed by atoms with Crippen molar-refractivity contribution in [3.05, 3.63) is 35.0 Å². The number of nitrogens with zero attached hydrogens (tertiary/aromatic N) is 2. The second kappa shape index (κ2) is 7.19. The molecule has 0 unspecified atom stereocenters. The van der Waals surface area contributed by atoms with Gasteiger partial charge >= 0.3 is 11.9 Å². The summed E-state index contributed by atoms with van der Waals surface area (Å²) in [5.74, 6) is -1.36. The molecular weight excluding hydrogens is 312 g/mol. The van der Waals surface area contributed by atoms with Crippen LogP contribution in [0.3, 0.4) is 0 Å². The van der Waals surface area contributed by atoms with E-state index < -0.39 is 11.9 Å². The first-order valence-electron chi connectivity index (χ1n) is 6.06. The number of hydrogen-bond acceptors (Lipinski definition) is 7. The fraction of sp³-hybridized carbons (Fsp3) is 0.231. The number of carboxylic acid groups (broad SMARTS) is 1. The van der Waals surface area contributed by atoms with Gasteiger partial charge in [-0.15, -0.1) is 11.3 Å². The predicted octanol–water partition coefficient (Wildman–Crippen LogP) is 2.49. The van der Waals surface area contributed by atoms with Crippen LogP contribution >= 0.6 is 23.1 Å². The summed E-state index contributed by atoms with van der Waals surface area (Å²) in [7, 11) is 0. The SMILES string of the molecule is CCOC(=O)c1cccnc1Sc1nc(CC(=O)O)cs1. The van der Waals surface area contributed by atoms with E-state index >= 15 is 0 Å². The Kier molecular flexibility index (Phi) is 5.29. The lowest BCUT2D eigenvalue weighted by Gasteiger charge is -2.05. The minimum Gasteiger partial charge on any atom is -0.481 e. The Morgan fingerprint density at radius 2 is 2.29 bits per heavy atom. The zero-order valence-corrected chi connectivity index (χ0v) is 12.7. The first kappa shape index (κ1) is 15.5. The molecule has 0 aromatic carbocycles. The van der Waals surface area contributed by atoms with Gasteiger partial charge in [-0.05, 0) is 30.8 Å². The largest absolute Gasteiger partial charge is 0.481 e. The van der Waals surface area contributed by atoms with E-state index in [1.165, 1.54) is 23.1 Å². The Hall–Kier alpha value is -1.93. The van der Waals surface area contributed by atoms with Crippen molar-refractivity contribution >= 4 is 35.0 Å². The number of thiazole rings is 1. The molecule has 21 heavy (non-hydrogen) atoms. The lowest BCUT2D eigenvalue weighted by Crippen LogP contribution is -2.06. The molecule has 0 aliphatic rings. The minimum atomic E-state index is -0.929. The first-order valence-corrected chi connectivity index (χ1v) is 7.76. The van der Waals surface area contributed by atoms with Crippen molar-refractivity contribution < 1.29 is 19.4 Å². The fourth-order valence-corrected chi connectivity index (χ4v) is 3.31. The van der Waals surface area contributed by atoms with Crippen LogP contribution in [0.1, 0.15) is 23.0 Å². The van der Waals surface area contributed by atoms with E-state index in [0.717, 1.165) is 0 Å². The highest BCUT2D eigenvalue weighted by Crippen LogP contribution is 2.31.